The summed E-state index contributed by atoms with van der Waals surface area (Å²) in [5.41, 5.74) is 0.501. The molecule has 0 spiro atoms. The van der Waals surface area contributed by atoms with Gasteiger partial charge in [-0.05, 0) is 26.0 Å². The van der Waals surface area contributed by atoms with Crippen LogP contribution in [0.25, 0.3) is 0 Å². The molecular formula is C17H23N3O3S. The van der Waals surface area contributed by atoms with E-state index in [1.54, 1.807) is 23.1 Å². The number of rotatable bonds is 6. The van der Waals surface area contributed by atoms with Crippen LogP contribution in [0.2, 0.25) is 0 Å². The molecule has 1 aromatic carbocycles. The van der Waals surface area contributed by atoms with E-state index in [0.29, 0.717) is 30.1 Å². The summed E-state index contributed by atoms with van der Waals surface area (Å²) in [7, 11) is 0. The van der Waals surface area contributed by atoms with Crippen molar-refractivity contribution in [3.8, 4) is 0 Å². The molecule has 1 fully saturated rings. The molecule has 6 nitrogen and oxygen atoms in total. The highest BCUT2D eigenvalue weighted by atomic mass is 32.1. The van der Waals surface area contributed by atoms with E-state index in [-0.39, 0.29) is 36.1 Å². The summed E-state index contributed by atoms with van der Waals surface area (Å²) in [5.74, 6) is -0.662. The number of likely N-dealkylation sites (tertiary alicyclic amines) is 1. The van der Waals surface area contributed by atoms with Crippen molar-refractivity contribution in [2.75, 3.05) is 19.6 Å². The van der Waals surface area contributed by atoms with Crippen LogP contribution in [0.15, 0.2) is 29.2 Å². The monoisotopic (exact) mass is 349 g/mol. The lowest BCUT2D eigenvalue weighted by molar-refractivity contribution is -0.129. The molecule has 1 heterocycles. The third-order valence-electron chi connectivity index (χ3n) is 4.01. The van der Waals surface area contributed by atoms with Gasteiger partial charge in [-0.1, -0.05) is 12.1 Å². The summed E-state index contributed by atoms with van der Waals surface area (Å²) in [5, 5.41) is 5.52. The molecule has 1 aliphatic rings. The van der Waals surface area contributed by atoms with Crippen molar-refractivity contribution < 1.29 is 14.4 Å². The molecule has 0 saturated carbocycles. The molecule has 130 valence electrons. The first-order valence-corrected chi connectivity index (χ1v) is 8.48. The quantitative estimate of drug-likeness (QED) is 0.531. The van der Waals surface area contributed by atoms with E-state index in [0.717, 1.165) is 0 Å². The van der Waals surface area contributed by atoms with E-state index in [4.69, 9.17) is 0 Å². The van der Waals surface area contributed by atoms with E-state index < -0.39 is 0 Å². The Bertz CT molecular complexity index is 633. The first-order chi connectivity index (χ1) is 11.4. The molecule has 7 heteroatoms. The molecular weight excluding hydrogens is 326 g/mol. The maximum atomic E-state index is 12.1. The minimum atomic E-state index is -0.311. The lowest BCUT2D eigenvalue weighted by atomic mass is 10.1. The van der Waals surface area contributed by atoms with Crippen molar-refractivity contribution in [3.63, 3.8) is 0 Å². The standard InChI is InChI=1S/C17H23N3O3S/c1-11(2)20-10-12(9-15(20)21)16(22)18-7-8-19-17(23)13-5-3-4-6-14(13)24/h3-6,11-12,24H,7-10H2,1-2H3,(H,18,22)(H,19,23). The summed E-state index contributed by atoms with van der Waals surface area (Å²) in [4.78, 5) is 38.3. The molecule has 1 atom stereocenters. The van der Waals surface area contributed by atoms with Gasteiger partial charge in [0.15, 0.2) is 0 Å². The van der Waals surface area contributed by atoms with Crippen molar-refractivity contribution in [1.29, 1.82) is 0 Å². The molecule has 2 rings (SSSR count). The van der Waals surface area contributed by atoms with Crippen molar-refractivity contribution in [3.05, 3.63) is 29.8 Å². The molecule has 1 aromatic rings. The lowest BCUT2D eigenvalue weighted by Crippen LogP contribution is -2.39. The molecule has 3 amide bonds. The molecule has 1 unspecified atom stereocenters. The van der Waals surface area contributed by atoms with E-state index in [1.165, 1.54) is 0 Å². The minimum absolute atomic E-state index is 0.0174. The number of nitrogens with zero attached hydrogens (tertiary/aromatic N) is 1. The normalized spacial score (nSPS) is 17.2. The number of hydrogen-bond acceptors (Lipinski definition) is 4. The summed E-state index contributed by atoms with van der Waals surface area (Å²) < 4.78 is 0. The first-order valence-electron chi connectivity index (χ1n) is 8.03. The van der Waals surface area contributed by atoms with Crippen LogP contribution < -0.4 is 10.6 Å². The Morgan fingerprint density at radius 2 is 1.92 bits per heavy atom. The van der Waals surface area contributed by atoms with Gasteiger partial charge in [-0.15, -0.1) is 12.6 Å². The Morgan fingerprint density at radius 3 is 2.54 bits per heavy atom. The van der Waals surface area contributed by atoms with E-state index in [1.807, 2.05) is 19.9 Å². The van der Waals surface area contributed by atoms with Crippen LogP contribution in [0.1, 0.15) is 30.6 Å². The maximum absolute atomic E-state index is 12.1. The van der Waals surface area contributed by atoms with Crippen molar-refractivity contribution in [1.82, 2.24) is 15.5 Å². The SMILES string of the molecule is CC(C)N1CC(C(=O)NCCNC(=O)c2ccccc2S)CC1=O. The fourth-order valence-corrected chi connectivity index (χ4v) is 2.94. The zero-order valence-electron chi connectivity index (χ0n) is 13.9. The second-order valence-electron chi connectivity index (χ2n) is 6.10. The summed E-state index contributed by atoms with van der Waals surface area (Å²) in [6.45, 7) is 4.98. The lowest BCUT2D eigenvalue weighted by Gasteiger charge is -2.20. The number of nitrogens with one attached hydrogen (secondary N) is 2. The van der Waals surface area contributed by atoms with Gasteiger partial charge in [0.25, 0.3) is 5.91 Å². The van der Waals surface area contributed by atoms with Gasteiger partial charge in [-0.2, -0.15) is 0 Å². The van der Waals surface area contributed by atoms with Crippen molar-refractivity contribution in [2.45, 2.75) is 31.2 Å². The average molecular weight is 349 g/mol. The highest BCUT2D eigenvalue weighted by molar-refractivity contribution is 7.80. The number of amides is 3. The first kappa shape index (κ1) is 18.3. The van der Waals surface area contributed by atoms with E-state index >= 15 is 0 Å². The highest BCUT2D eigenvalue weighted by Gasteiger charge is 2.35. The smallest absolute Gasteiger partial charge is 0.252 e. The van der Waals surface area contributed by atoms with Crippen LogP contribution in [-0.2, 0) is 9.59 Å². The average Bonchev–Trinajstić information content (AvgIpc) is 2.94. The topological polar surface area (TPSA) is 78.5 Å². The number of carbonyl (C=O) groups is 3. The Hall–Kier alpha value is -2.02. The Kier molecular flexibility index (Phi) is 6.25. The second-order valence-corrected chi connectivity index (χ2v) is 6.59. The van der Waals surface area contributed by atoms with Crippen LogP contribution in [0.3, 0.4) is 0 Å². The molecule has 0 radical (unpaired) electrons. The fourth-order valence-electron chi connectivity index (χ4n) is 2.67. The Balaban J connectivity index is 1.73. The number of carbonyl (C=O) groups excluding carboxylic acids is 3. The second kappa shape index (κ2) is 8.19. The van der Waals surface area contributed by atoms with Gasteiger partial charge in [0.1, 0.15) is 0 Å². The zero-order chi connectivity index (χ0) is 17.7. The van der Waals surface area contributed by atoms with Crippen molar-refractivity contribution >= 4 is 30.4 Å². The summed E-state index contributed by atoms with van der Waals surface area (Å²) in [6.07, 6.45) is 0.253. The molecule has 0 bridgehead atoms. The number of hydrogen-bond donors (Lipinski definition) is 3. The Labute approximate surface area is 147 Å². The molecule has 1 aliphatic heterocycles. The van der Waals surface area contributed by atoms with Gasteiger partial charge in [0.05, 0.1) is 11.5 Å². The predicted molar refractivity (Wildman–Crippen MR) is 94.0 cm³/mol. The summed E-state index contributed by atoms with van der Waals surface area (Å²) >= 11 is 4.24. The summed E-state index contributed by atoms with van der Waals surface area (Å²) in [6, 6.07) is 7.13. The van der Waals surface area contributed by atoms with Gasteiger partial charge >= 0.3 is 0 Å². The third kappa shape index (κ3) is 4.50. The van der Waals surface area contributed by atoms with Crippen LogP contribution in [0, 0.1) is 5.92 Å². The Morgan fingerprint density at radius 1 is 1.25 bits per heavy atom. The van der Waals surface area contributed by atoms with E-state index in [9.17, 15) is 14.4 Å². The molecule has 0 aromatic heterocycles. The van der Waals surface area contributed by atoms with Crippen LogP contribution in [0.4, 0.5) is 0 Å². The fraction of sp³-hybridized carbons (Fsp3) is 0.471. The maximum Gasteiger partial charge on any atom is 0.252 e. The molecule has 24 heavy (non-hydrogen) atoms. The predicted octanol–water partition coefficient (Wildman–Crippen LogP) is 1.08. The largest absolute Gasteiger partial charge is 0.354 e. The third-order valence-corrected chi connectivity index (χ3v) is 4.40. The molecule has 1 saturated heterocycles. The highest BCUT2D eigenvalue weighted by Crippen LogP contribution is 2.20. The van der Waals surface area contributed by atoms with Gasteiger partial charge in [-0.3, -0.25) is 14.4 Å². The van der Waals surface area contributed by atoms with Crippen molar-refractivity contribution in [2.24, 2.45) is 5.92 Å². The van der Waals surface area contributed by atoms with Crippen LogP contribution >= 0.6 is 12.6 Å². The number of benzene rings is 1. The van der Waals surface area contributed by atoms with Gasteiger partial charge in [0.2, 0.25) is 11.8 Å². The van der Waals surface area contributed by atoms with Gasteiger partial charge in [0, 0.05) is 37.0 Å². The zero-order valence-corrected chi connectivity index (χ0v) is 14.8. The van der Waals surface area contributed by atoms with E-state index in [2.05, 4.69) is 23.3 Å². The van der Waals surface area contributed by atoms with Gasteiger partial charge in [-0.25, -0.2) is 0 Å². The van der Waals surface area contributed by atoms with Gasteiger partial charge < -0.3 is 15.5 Å². The molecule has 2 N–H and O–H groups in total. The molecule has 0 aliphatic carbocycles. The minimum Gasteiger partial charge on any atom is -0.354 e. The number of thiol groups is 1. The van der Waals surface area contributed by atoms with Crippen LogP contribution in [-0.4, -0.2) is 48.3 Å². The van der Waals surface area contributed by atoms with Crippen LogP contribution in [0.5, 0.6) is 0 Å².